The molecule has 104 valence electrons. The van der Waals surface area contributed by atoms with E-state index in [9.17, 15) is 8.42 Å². The van der Waals surface area contributed by atoms with Crippen LogP contribution in [-0.4, -0.2) is 43.1 Å². The Bertz CT molecular complexity index is 394. The van der Waals surface area contributed by atoms with Gasteiger partial charge >= 0.3 is 0 Å². The molecule has 0 radical (unpaired) electrons. The van der Waals surface area contributed by atoms with E-state index in [2.05, 4.69) is 5.32 Å². The molecule has 0 spiro atoms. The van der Waals surface area contributed by atoms with Gasteiger partial charge in [-0.1, -0.05) is 6.42 Å². The first kappa shape index (κ1) is 15.4. The van der Waals surface area contributed by atoms with E-state index in [-0.39, 0.29) is 12.1 Å². The predicted molar refractivity (Wildman–Crippen MR) is 71.5 cm³/mol. The van der Waals surface area contributed by atoms with Gasteiger partial charge in [0.25, 0.3) is 0 Å². The van der Waals surface area contributed by atoms with Gasteiger partial charge < -0.3 is 5.32 Å². The third-order valence-corrected chi connectivity index (χ3v) is 5.57. The Morgan fingerprint density at radius 3 is 2.50 bits per heavy atom. The first-order chi connectivity index (χ1) is 8.39. The number of nitrogens with zero attached hydrogens (tertiary/aromatic N) is 2. The van der Waals surface area contributed by atoms with Crippen LogP contribution in [0.1, 0.15) is 40.0 Å². The molecule has 0 aliphatic carbocycles. The predicted octanol–water partition coefficient (Wildman–Crippen LogP) is 1.08. The Morgan fingerprint density at radius 1 is 1.39 bits per heavy atom. The maximum atomic E-state index is 12.3. The fourth-order valence-corrected chi connectivity index (χ4v) is 3.69. The zero-order valence-electron chi connectivity index (χ0n) is 11.4. The molecule has 0 amide bonds. The number of nitrogens with one attached hydrogen (secondary N) is 1. The van der Waals surface area contributed by atoms with Crippen LogP contribution in [0, 0.1) is 11.3 Å². The molecule has 5 nitrogen and oxygen atoms in total. The first-order valence-corrected chi connectivity index (χ1v) is 8.03. The standard InChI is InChI=1S/C12H23N3O2S/c1-10(2)15(18(16,17)11(3)8-13)9-12-6-4-5-7-14-12/h10-12,14H,4-7,9H2,1-3H3. The second-order valence-electron chi connectivity index (χ2n) is 5.13. The highest BCUT2D eigenvalue weighted by molar-refractivity contribution is 7.90. The molecule has 1 N–H and O–H groups in total. The molecule has 0 aromatic carbocycles. The number of piperidine rings is 1. The summed E-state index contributed by atoms with van der Waals surface area (Å²) in [5.74, 6) is 0. The molecule has 2 unspecified atom stereocenters. The number of hydrogen-bond acceptors (Lipinski definition) is 4. The van der Waals surface area contributed by atoms with Crippen LogP contribution in [0.5, 0.6) is 0 Å². The Hall–Kier alpha value is -0.640. The molecule has 1 aliphatic rings. The molecule has 18 heavy (non-hydrogen) atoms. The molecule has 1 fully saturated rings. The fourth-order valence-electron chi connectivity index (χ4n) is 2.18. The van der Waals surface area contributed by atoms with E-state index in [1.807, 2.05) is 19.9 Å². The second kappa shape index (κ2) is 6.50. The van der Waals surface area contributed by atoms with Crippen molar-refractivity contribution in [2.45, 2.75) is 57.4 Å². The summed E-state index contributed by atoms with van der Waals surface area (Å²) in [7, 11) is -3.52. The number of nitriles is 1. The summed E-state index contributed by atoms with van der Waals surface area (Å²) in [5.41, 5.74) is 0. The molecular weight excluding hydrogens is 250 g/mol. The third kappa shape index (κ3) is 3.67. The second-order valence-corrected chi connectivity index (χ2v) is 7.33. The van der Waals surface area contributed by atoms with E-state index in [0.29, 0.717) is 6.54 Å². The zero-order valence-corrected chi connectivity index (χ0v) is 12.2. The van der Waals surface area contributed by atoms with Gasteiger partial charge in [0.1, 0.15) is 0 Å². The van der Waals surface area contributed by atoms with Gasteiger partial charge in [-0.3, -0.25) is 0 Å². The average molecular weight is 273 g/mol. The van der Waals surface area contributed by atoms with Crippen molar-refractivity contribution in [2.24, 2.45) is 0 Å². The van der Waals surface area contributed by atoms with E-state index in [0.717, 1.165) is 25.8 Å². The van der Waals surface area contributed by atoms with Gasteiger partial charge in [0, 0.05) is 18.6 Å². The van der Waals surface area contributed by atoms with Crippen LogP contribution < -0.4 is 5.32 Å². The van der Waals surface area contributed by atoms with Crippen molar-refractivity contribution in [3.8, 4) is 6.07 Å². The zero-order chi connectivity index (χ0) is 13.8. The number of hydrogen-bond donors (Lipinski definition) is 1. The summed E-state index contributed by atoms with van der Waals surface area (Å²) in [6.07, 6.45) is 3.29. The summed E-state index contributed by atoms with van der Waals surface area (Å²) < 4.78 is 26.0. The third-order valence-electron chi connectivity index (χ3n) is 3.34. The van der Waals surface area contributed by atoms with Gasteiger partial charge in [0.05, 0.1) is 6.07 Å². The van der Waals surface area contributed by atoms with Crippen molar-refractivity contribution in [2.75, 3.05) is 13.1 Å². The van der Waals surface area contributed by atoms with Crippen LogP contribution in [0.4, 0.5) is 0 Å². The molecule has 1 heterocycles. The Morgan fingerprint density at radius 2 is 2.06 bits per heavy atom. The Balaban J connectivity index is 2.80. The maximum absolute atomic E-state index is 12.3. The van der Waals surface area contributed by atoms with Gasteiger partial charge in [0.2, 0.25) is 10.0 Å². The van der Waals surface area contributed by atoms with Crippen molar-refractivity contribution >= 4 is 10.0 Å². The Kier molecular flexibility index (Phi) is 5.57. The van der Waals surface area contributed by atoms with Gasteiger partial charge in [-0.25, -0.2) is 8.42 Å². The lowest BCUT2D eigenvalue weighted by Crippen LogP contribution is -2.50. The first-order valence-electron chi connectivity index (χ1n) is 6.53. The van der Waals surface area contributed by atoms with Crippen molar-refractivity contribution in [3.63, 3.8) is 0 Å². The fraction of sp³-hybridized carbons (Fsp3) is 0.917. The minimum Gasteiger partial charge on any atom is -0.313 e. The van der Waals surface area contributed by atoms with Crippen molar-refractivity contribution < 1.29 is 8.42 Å². The summed E-state index contributed by atoms with van der Waals surface area (Å²) >= 11 is 0. The van der Waals surface area contributed by atoms with Crippen molar-refractivity contribution in [1.82, 2.24) is 9.62 Å². The average Bonchev–Trinajstić information content (AvgIpc) is 2.35. The van der Waals surface area contributed by atoms with Gasteiger partial charge in [-0.15, -0.1) is 0 Å². The lowest BCUT2D eigenvalue weighted by Gasteiger charge is -2.32. The topological polar surface area (TPSA) is 73.2 Å². The lowest BCUT2D eigenvalue weighted by molar-refractivity contribution is 0.281. The van der Waals surface area contributed by atoms with Crippen molar-refractivity contribution in [3.05, 3.63) is 0 Å². The minimum atomic E-state index is -3.52. The summed E-state index contributed by atoms with van der Waals surface area (Å²) in [6, 6.07) is 1.92. The lowest BCUT2D eigenvalue weighted by atomic mass is 10.1. The largest absolute Gasteiger partial charge is 0.313 e. The van der Waals surface area contributed by atoms with Crippen LogP contribution in [0.15, 0.2) is 0 Å². The summed E-state index contributed by atoms with van der Waals surface area (Å²) in [5, 5.41) is 11.2. The molecule has 6 heteroatoms. The van der Waals surface area contributed by atoms with Crippen LogP contribution in [0.3, 0.4) is 0 Å². The SMILES string of the molecule is CC(C)N(CC1CCCCN1)S(=O)(=O)C(C)C#N. The minimum absolute atomic E-state index is 0.116. The van der Waals surface area contributed by atoms with Gasteiger partial charge in [0.15, 0.2) is 5.25 Å². The molecule has 1 saturated heterocycles. The maximum Gasteiger partial charge on any atom is 0.230 e. The molecule has 1 rings (SSSR count). The van der Waals surface area contributed by atoms with Crippen molar-refractivity contribution in [1.29, 1.82) is 5.26 Å². The smallest absolute Gasteiger partial charge is 0.230 e. The van der Waals surface area contributed by atoms with Crippen LogP contribution in [0.2, 0.25) is 0 Å². The van der Waals surface area contributed by atoms with E-state index in [4.69, 9.17) is 5.26 Å². The molecule has 0 bridgehead atoms. The van der Waals surface area contributed by atoms with E-state index >= 15 is 0 Å². The summed E-state index contributed by atoms with van der Waals surface area (Å²) in [6.45, 7) is 6.56. The molecule has 2 atom stereocenters. The monoisotopic (exact) mass is 273 g/mol. The molecule has 1 aliphatic heterocycles. The van der Waals surface area contributed by atoms with E-state index in [1.54, 1.807) is 0 Å². The van der Waals surface area contributed by atoms with Gasteiger partial charge in [-0.05, 0) is 40.2 Å². The van der Waals surface area contributed by atoms with E-state index < -0.39 is 15.3 Å². The molecule has 0 aromatic heterocycles. The highest BCUT2D eigenvalue weighted by Crippen LogP contribution is 2.16. The summed E-state index contributed by atoms with van der Waals surface area (Å²) in [4.78, 5) is 0. The number of sulfonamides is 1. The van der Waals surface area contributed by atoms with Crippen LogP contribution >= 0.6 is 0 Å². The molecule has 0 saturated carbocycles. The van der Waals surface area contributed by atoms with Gasteiger partial charge in [-0.2, -0.15) is 9.57 Å². The van der Waals surface area contributed by atoms with Crippen LogP contribution in [0.25, 0.3) is 0 Å². The normalized spacial score (nSPS) is 23.0. The number of rotatable bonds is 5. The van der Waals surface area contributed by atoms with E-state index in [1.165, 1.54) is 11.2 Å². The molecular formula is C12H23N3O2S. The van der Waals surface area contributed by atoms with Crippen LogP contribution in [-0.2, 0) is 10.0 Å². The highest BCUT2D eigenvalue weighted by Gasteiger charge is 2.32. The highest BCUT2D eigenvalue weighted by atomic mass is 32.2. The molecule has 0 aromatic rings. The Labute approximate surface area is 110 Å². The quantitative estimate of drug-likeness (QED) is 0.813.